The largest absolute Gasteiger partial charge is 0.370 e. The van der Waals surface area contributed by atoms with Gasteiger partial charge in [0.25, 0.3) is 12.3 Å². The molecular weight excluding hydrogens is 386 g/mol. The molecule has 9 nitrogen and oxygen atoms in total. The predicted octanol–water partition coefficient (Wildman–Crippen LogP) is 2.02. The number of carbonyl (C=O) groups is 2. The summed E-state index contributed by atoms with van der Waals surface area (Å²) in [6.45, 7) is 3.44. The quantitative estimate of drug-likeness (QED) is 0.842. The summed E-state index contributed by atoms with van der Waals surface area (Å²) in [5, 5.41) is 7.01. The van der Waals surface area contributed by atoms with Crippen molar-refractivity contribution in [2.24, 2.45) is 0 Å². The summed E-state index contributed by atoms with van der Waals surface area (Å²) < 4.78 is 32.7. The molecule has 2 aromatic rings. The van der Waals surface area contributed by atoms with E-state index < -0.39 is 18.2 Å². The van der Waals surface area contributed by atoms with Gasteiger partial charge in [0.1, 0.15) is 12.3 Å². The molecule has 0 saturated carbocycles. The van der Waals surface area contributed by atoms with Crippen molar-refractivity contribution in [3.8, 4) is 0 Å². The lowest BCUT2D eigenvalue weighted by Crippen LogP contribution is -2.48. The third kappa shape index (κ3) is 3.77. The second-order valence-corrected chi connectivity index (χ2v) is 6.93. The number of nitrogens with zero attached hydrogens (tertiary/aromatic N) is 5. The molecule has 4 rings (SSSR count). The van der Waals surface area contributed by atoms with Gasteiger partial charge in [0.05, 0.1) is 43.3 Å². The third-order valence-corrected chi connectivity index (χ3v) is 5.01. The number of hydrogen-bond donors (Lipinski definition) is 1. The van der Waals surface area contributed by atoms with Crippen molar-refractivity contribution in [3.63, 3.8) is 0 Å². The number of morpholine rings is 1. The number of rotatable bonds is 3. The molecule has 154 valence electrons. The van der Waals surface area contributed by atoms with Gasteiger partial charge in [-0.05, 0) is 19.1 Å². The van der Waals surface area contributed by atoms with Crippen molar-refractivity contribution in [1.29, 1.82) is 0 Å². The van der Waals surface area contributed by atoms with E-state index in [1.807, 2.05) is 6.92 Å². The molecule has 0 aliphatic carbocycles. The van der Waals surface area contributed by atoms with E-state index in [9.17, 15) is 18.4 Å². The van der Waals surface area contributed by atoms with Crippen LogP contribution in [0.15, 0.2) is 24.5 Å². The minimum Gasteiger partial charge on any atom is -0.370 e. The minimum absolute atomic E-state index is 0.0136. The van der Waals surface area contributed by atoms with Gasteiger partial charge in [-0.3, -0.25) is 14.5 Å². The molecule has 1 saturated heterocycles. The Morgan fingerprint density at radius 2 is 2.24 bits per heavy atom. The molecule has 1 atom stereocenters. The van der Waals surface area contributed by atoms with Crippen LogP contribution < -0.4 is 10.2 Å². The SMILES string of the molecule is CC1Cn2ncc(N3CCOCC3=O)c2CN1C(=O)Nc1ccnc(C(F)F)c1. The Balaban J connectivity index is 1.53. The summed E-state index contributed by atoms with van der Waals surface area (Å²) in [6.07, 6.45) is 0.141. The summed E-state index contributed by atoms with van der Waals surface area (Å²) in [5.41, 5.74) is 1.25. The molecule has 11 heteroatoms. The number of hydrogen-bond acceptors (Lipinski definition) is 5. The first-order chi connectivity index (χ1) is 13.9. The number of anilines is 2. The molecule has 29 heavy (non-hydrogen) atoms. The van der Waals surface area contributed by atoms with E-state index in [1.165, 1.54) is 12.3 Å². The molecule has 3 amide bonds. The second kappa shape index (κ2) is 7.74. The van der Waals surface area contributed by atoms with Gasteiger partial charge in [-0.2, -0.15) is 5.10 Å². The molecule has 2 aliphatic heterocycles. The Morgan fingerprint density at radius 1 is 1.41 bits per heavy atom. The number of amides is 3. The molecule has 0 spiro atoms. The third-order valence-electron chi connectivity index (χ3n) is 5.01. The second-order valence-electron chi connectivity index (χ2n) is 6.93. The molecule has 0 bridgehead atoms. The van der Waals surface area contributed by atoms with Crippen LogP contribution in [0.5, 0.6) is 0 Å². The predicted molar refractivity (Wildman–Crippen MR) is 98.6 cm³/mol. The first-order valence-corrected chi connectivity index (χ1v) is 9.18. The van der Waals surface area contributed by atoms with Crippen LogP contribution >= 0.6 is 0 Å². The van der Waals surface area contributed by atoms with Gasteiger partial charge in [-0.1, -0.05) is 0 Å². The highest BCUT2D eigenvalue weighted by atomic mass is 19.3. The van der Waals surface area contributed by atoms with E-state index in [4.69, 9.17) is 4.74 Å². The van der Waals surface area contributed by atoms with E-state index >= 15 is 0 Å². The highest BCUT2D eigenvalue weighted by Gasteiger charge is 2.33. The Morgan fingerprint density at radius 3 is 3.00 bits per heavy atom. The molecule has 4 heterocycles. The van der Waals surface area contributed by atoms with E-state index in [0.717, 1.165) is 11.8 Å². The van der Waals surface area contributed by atoms with Crippen molar-refractivity contribution in [3.05, 3.63) is 35.9 Å². The van der Waals surface area contributed by atoms with Gasteiger partial charge in [-0.15, -0.1) is 0 Å². The Kier molecular flexibility index (Phi) is 5.14. The number of aromatic nitrogens is 3. The maximum absolute atomic E-state index is 12.8. The van der Waals surface area contributed by atoms with E-state index in [1.54, 1.807) is 20.7 Å². The molecule has 0 aromatic carbocycles. The fourth-order valence-corrected chi connectivity index (χ4v) is 3.50. The molecule has 2 aliphatic rings. The fraction of sp³-hybridized carbons (Fsp3) is 0.444. The number of pyridine rings is 1. The Bertz CT molecular complexity index is 934. The van der Waals surface area contributed by atoms with Gasteiger partial charge in [0, 0.05) is 18.4 Å². The first-order valence-electron chi connectivity index (χ1n) is 9.18. The van der Waals surface area contributed by atoms with Gasteiger partial charge in [-0.25, -0.2) is 13.6 Å². The topological polar surface area (TPSA) is 92.6 Å². The summed E-state index contributed by atoms with van der Waals surface area (Å²) in [7, 11) is 0. The standard InChI is InChI=1S/C18H20F2N6O3/c1-11-8-26-15(14(7-22-26)24-4-5-29-10-16(24)27)9-25(11)18(28)23-12-2-3-21-13(6-12)17(19)20/h2-3,6-7,11,17H,4-5,8-10H2,1H3,(H,21,23,28). The van der Waals surface area contributed by atoms with Crippen molar-refractivity contribution < 1.29 is 23.1 Å². The smallest absolute Gasteiger partial charge is 0.322 e. The highest BCUT2D eigenvalue weighted by molar-refractivity contribution is 5.95. The van der Waals surface area contributed by atoms with Crippen molar-refractivity contribution in [2.75, 3.05) is 30.0 Å². The van der Waals surface area contributed by atoms with Crippen LogP contribution in [0.1, 0.15) is 24.7 Å². The van der Waals surface area contributed by atoms with Gasteiger partial charge in [0.2, 0.25) is 0 Å². The summed E-state index contributed by atoms with van der Waals surface area (Å²) in [5.74, 6) is -0.155. The number of carbonyl (C=O) groups excluding carboxylic acids is 2. The lowest BCUT2D eigenvalue weighted by Gasteiger charge is -2.35. The fourth-order valence-electron chi connectivity index (χ4n) is 3.50. The van der Waals surface area contributed by atoms with Crippen LogP contribution in [0.4, 0.5) is 25.0 Å². The van der Waals surface area contributed by atoms with Crippen LogP contribution in [0.25, 0.3) is 0 Å². The number of fused-ring (bicyclic) bond motifs is 1. The average Bonchev–Trinajstić information content (AvgIpc) is 3.10. The Hall–Kier alpha value is -3.08. The van der Waals surface area contributed by atoms with E-state index in [0.29, 0.717) is 25.4 Å². The van der Waals surface area contributed by atoms with E-state index in [2.05, 4.69) is 15.4 Å². The maximum atomic E-state index is 12.8. The normalized spacial score (nSPS) is 19.4. The summed E-state index contributed by atoms with van der Waals surface area (Å²) in [6, 6.07) is 2.02. The molecular formula is C18H20F2N6O3. The van der Waals surface area contributed by atoms with Gasteiger partial charge in [0.15, 0.2) is 0 Å². The lowest BCUT2D eigenvalue weighted by atomic mass is 10.2. The first kappa shape index (κ1) is 19.2. The zero-order chi connectivity index (χ0) is 20.5. The molecule has 1 fully saturated rings. The van der Waals surface area contributed by atoms with Crippen LogP contribution in [0.2, 0.25) is 0 Å². The van der Waals surface area contributed by atoms with Crippen molar-refractivity contribution >= 4 is 23.3 Å². The molecule has 1 N–H and O–H groups in total. The number of nitrogens with one attached hydrogen (secondary N) is 1. The van der Waals surface area contributed by atoms with Crippen LogP contribution in [0.3, 0.4) is 0 Å². The van der Waals surface area contributed by atoms with E-state index in [-0.39, 0.29) is 30.8 Å². The highest BCUT2D eigenvalue weighted by Crippen LogP contribution is 2.28. The Labute approximate surface area is 165 Å². The summed E-state index contributed by atoms with van der Waals surface area (Å²) >= 11 is 0. The maximum Gasteiger partial charge on any atom is 0.322 e. The molecule has 2 aromatic heterocycles. The average molecular weight is 406 g/mol. The lowest BCUT2D eigenvalue weighted by molar-refractivity contribution is -0.125. The van der Waals surface area contributed by atoms with Gasteiger partial charge >= 0.3 is 6.03 Å². The zero-order valence-electron chi connectivity index (χ0n) is 15.7. The molecule has 1 unspecified atom stereocenters. The van der Waals surface area contributed by atoms with Crippen LogP contribution in [0, 0.1) is 0 Å². The number of ether oxygens (including phenoxy) is 1. The molecule has 0 radical (unpaired) electrons. The zero-order valence-corrected chi connectivity index (χ0v) is 15.7. The number of halogens is 2. The minimum atomic E-state index is -2.72. The van der Waals surface area contributed by atoms with Crippen LogP contribution in [-0.2, 0) is 22.6 Å². The van der Waals surface area contributed by atoms with Crippen LogP contribution in [-0.4, -0.2) is 57.4 Å². The summed E-state index contributed by atoms with van der Waals surface area (Å²) in [4.78, 5) is 31.8. The number of urea groups is 1. The van der Waals surface area contributed by atoms with Crippen molar-refractivity contribution in [2.45, 2.75) is 32.5 Å². The van der Waals surface area contributed by atoms with Gasteiger partial charge < -0.3 is 19.9 Å². The monoisotopic (exact) mass is 406 g/mol. The number of alkyl halides is 2. The van der Waals surface area contributed by atoms with Crippen molar-refractivity contribution in [1.82, 2.24) is 19.7 Å².